The third kappa shape index (κ3) is 2.51. The van der Waals surface area contributed by atoms with Crippen LogP contribution in [-0.4, -0.2) is 36.4 Å². The molecule has 1 atom stereocenters. The molecule has 2 heterocycles. The van der Waals surface area contributed by atoms with Crippen molar-refractivity contribution in [3.05, 3.63) is 35.4 Å². The predicted molar refractivity (Wildman–Crippen MR) is 72.1 cm³/mol. The van der Waals surface area contributed by atoms with Crippen LogP contribution in [0.5, 0.6) is 0 Å². The minimum Gasteiger partial charge on any atom is -0.467 e. The molecule has 0 aliphatic carbocycles. The predicted octanol–water partition coefficient (Wildman–Crippen LogP) is 2.03. The molecule has 7 heteroatoms. The van der Waals surface area contributed by atoms with E-state index in [2.05, 4.69) is 5.32 Å². The second-order valence-electron chi connectivity index (χ2n) is 4.17. The van der Waals surface area contributed by atoms with Crippen LogP contribution in [0.4, 0.5) is 4.79 Å². The van der Waals surface area contributed by atoms with E-state index in [1.165, 1.54) is 11.2 Å². The number of carbonyl (C=O) groups excluding carboxylic acids is 2. The van der Waals surface area contributed by atoms with E-state index in [9.17, 15) is 9.59 Å². The summed E-state index contributed by atoms with van der Waals surface area (Å²) in [6.45, 7) is 1.95. The van der Waals surface area contributed by atoms with Crippen LogP contribution in [0, 0.1) is 0 Å². The lowest BCUT2D eigenvalue weighted by molar-refractivity contribution is -0.139. The largest absolute Gasteiger partial charge is 0.467 e. The summed E-state index contributed by atoms with van der Waals surface area (Å²) >= 11 is 5.89. The van der Waals surface area contributed by atoms with Crippen LogP contribution in [0.15, 0.2) is 34.1 Å². The molecule has 1 aliphatic rings. The first-order chi connectivity index (χ1) is 9.60. The Labute approximate surface area is 121 Å². The lowest BCUT2D eigenvalue weighted by Crippen LogP contribution is -2.47. The molecular weight excluding hydrogens is 284 g/mol. The van der Waals surface area contributed by atoms with Gasteiger partial charge in [0.25, 0.3) is 0 Å². The lowest BCUT2D eigenvalue weighted by atomic mass is 10.00. The van der Waals surface area contributed by atoms with Gasteiger partial charge in [-0.3, -0.25) is 4.90 Å². The Morgan fingerprint density at radius 2 is 2.35 bits per heavy atom. The van der Waals surface area contributed by atoms with Gasteiger partial charge in [0.2, 0.25) is 0 Å². The average Bonchev–Trinajstić information content (AvgIpc) is 2.95. The van der Waals surface area contributed by atoms with Crippen molar-refractivity contribution in [2.24, 2.45) is 0 Å². The van der Waals surface area contributed by atoms with Crippen LogP contribution in [0.2, 0.25) is 0 Å². The topological polar surface area (TPSA) is 71.8 Å². The van der Waals surface area contributed by atoms with Gasteiger partial charge in [0.15, 0.2) is 0 Å². The fraction of sp³-hybridized carbons (Fsp3) is 0.385. The third-order valence-corrected chi connectivity index (χ3v) is 3.28. The monoisotopic (exact) mass is 298 g/mol. The smallest absolute Gasteiger partial charge is 0.338 e. The van der Waals surface area contributed by atoms with Crippen molar-refractivity contribution in [3.63, 3.8) is 0 Å². The number of allylic oxidation sites excluding steroid dienone is 1. The average molecular weight is 299 g/mol. The highest BCUT2D eigenvalue weighted by atomic mass is 35.5. The molecule has 2 amide bonds. The minimum atomic E-state index is -0.693. The second-order valence-corrected chi connectivity index (χ2v) is 4.44. The lowest BCUT2D eigenvalue weighted by Gasteiger charge is -2.32. The standard InChI is InChI=1S/C13H15ClN2O4/c1-3-19-12(17)10-8(7-14)16(2)13(18)15-11(10)9-5-4-6-20-9/h4-6,11H,3,7H2,1-2H3,(H,15,18). The molecule has 0 spiro atoms. The second kappa shape index (κ2) is 6.00. The number of ether oxygens (including phenoxy) is 1. The number of halogens is 1. The van der Waals surface area contributed by atoms with Crippen LogP contribution >= 0.6 is 11.6 Å². The highest BCUT2D eigenvalue weighted by Crippen LogP contribution is 2.31. The number of rotatable bonds is 4. The van der Waals surface area contributed by atoms with Crippen molar-refractivity contribution in [1.82, 2.24) is 10.2 Å². The van der Waals surface area contributed by atoms with Crippen molar-refractivity contribution in [2.75, 3.05) is 19.5 Å². The zero-order valence-electron chi connectivity index (χ0n) is 11.2. The molecule has 0 aromatic carbocycles. The molecule has 1 N–H and O–H groups in total. The molecule has 1 aliphatic heterocycles. The summed E-state index contributed by atoms with van der Waals surface area (Å²) in [7, 11) is 1.55. The molecule has 1 unspecified atom stereocenters. The number of hydrogen-bond donors (Lipinski definition) is 1. The highest BCUT2D eigenvalue weighted by molar-refractivity contribution is 6.20. The first kappa shape index (κ1) is 14.5. The van der Waals surface area contributed by atoms with E-state index in [0.29, 0.717) is 17.0 Å². The van der Waals surface area contributed by atoms with Gasteiger partial charge in [0.05, 0.1) is 24.3 Å². The van der Waals surface area contributed by atoms with Gasteiger partial charge in [-0.2, -0.15) is 0 Å². The van der Waals surface area contributed by atoms with Gasteiger partial charge >= 0.3 is 12.0 Å². The van der Waals surface area contributed by atoms with E-state index in [1.807, 2.05) is 0 Å². The summed E-state index contributed by atoms with van der Waals surface area (Å²) in [6, 6.07) is 2.32. The number of urea groups is 1. The fourth-order valence-electron chi connectivity index (χ4n) is 2.04. The zero-order chi connectivity index (χ0) is 14.7. The Morgan fingerprint density at radius 1 is 1.60 bits per heavy atom. The fourth-order valence-corrected chi connectivity index (χ4v) is 2.36. The molecule has 1 aromatic rings. The Kier molecular flexibility index (Phi) is 4.34. The maximum atomic E-state index is 12.2. The maximum Gasteiger partial charge on any atom is 0.338 e. The Bertz CT molecular complexity index is 539. The molecule has 0 saturated carbocycles. The molecule has 0 saturated heterocycles. The van der Waals surface area contributed by atoms with E-state index < -0.39 is 12.0 Å². The van der Waals surface area contributed by atoms with Crippen molar-refractivity contribution >= 4 is 23.6 Å². The highest BCUT2D eigenvalue weighted by Gasteiger charge is 2.37. The van der Waals surface area contributed by atoms with Gasteiger partial charge in [-0.05, 0) is 19.1 Å². The summed E-state index contributed by atoms with van der Waals surface area (Å²) < 4.78 is 10.3. The Balaban J connectivity index is 2.51. The number of hydrogen-bond acceptors (Lipinski definition) is 4. The summed E-state index contributed by atoms with van der Waals surface area (Å²) in [4.78, 5) is 25.4. The van der Waals surface area contributed by atoms with Crippen LogP contribution in [0.1, 0.15) is 18.7 Å². The Hall–Kier alpha value is -1.95. The quantitative estimate of drug-likeness (QED) is 0.682. The number of amides is 2. The molecule has 2 rings (SSSR count). The molecule has 0 bridgehead atoms. The molecular formula is C13H15ClN2O4. The third-order valence-electron chi connectivity index (χ3n) is 3.03. The van der Waals surface area contributed by atoms with Crippen molar-refractivity contribution in [1.29, 1.82) is 0 Å². The summed E-state index contributed by atoms with van der Waals surface area (Å²) in [5, 5.41) is 2.70. The van der Waals surface area contributed by atoms with Gasteiger partial charge in [-0.15, -0.1) is 11.6 Å². The molecule has 20 heavy (non-hydrogen) atoms. The van der Waals surface area contributed by atoms with Gasteiger partial charge in [0, 0.05) is 12.7 Å². The van der Waals surface area contributed by atoms with E-state index in [1.54, 1.807) is 26.1 Å². The SMILES string of the molecule is CCOC(=O)C1=C(CCl)N(C)C(=O)NC1c1ccco1. The van der Waals surface area contributed by atoms with Crippen molar-refractivity contribution < 1.29 is 18.7 Å². The number of carbonyl (C=O) groups is 2. The van der Waals surface area contributed by atoms with E-state index in [0.717, 1.165) is 0 Å². The van der Waals surface area contributed by atoms with Crippen LogP contribution in [0.25, 0.3) is 0 Å². The van der Waals surface area contributed by atoms with E-state index in [-0.39, 0.29) is 18.5 Å². The van der Waals surface area contributed by atoms with Crippen molar-refractivity contribution in [3.8, 4) is 0 Å². The molecule has 108 valence electrons. The van der Waals surface area contributed by atoms with Crippen LogP contribution in [0.3, 0.4) is 0 Å². The first-order valence-corrected chi connectivity index (χ1v) is 6.67. The molecule has 0 radical (unpaired) electrons. The molecule has 6 nitrogen and oxygen atoms in total. The normalized spacial score (nSPS) is 19.1. The van der Waals surface area contributed by atoms with Gasteiger partial charge in [-0.25, -0.2) is 9.59 Å². The van der Waals surface area contributed by atoms with Crippen molar-refractivity contribution in [2.45, 2.75) is 13.0 Å². The van der Waals surface area contributed by atoms with Crippen LogP contribution < -0.4 is 5.32 Å². The summed E-state index contributed by atoms with van der Waals surface area (Å²) in [5.41, 5.74) is 0.703. The first-order valence-electron chi connectivity index (χ1n) is 6.13. The number of furan rings is 1. The summed E-state index contributed by atoms with van der Waals surface area (Å²) in [5.74, 6) is -0.0385. The van der Waals surface area contributed by atoms with Gasteiger partial charge in [0.1, 0.15) is 11.8 Å². The van der Waals surface area contributed by atoms with E-state index in [4.69, 9.17) is 20.8 Å². The number of esters is 1. The molecule has 0 fully saturated rings. The van der Waals surface area contributed by atoms with E-state index >= 15 is 0 Å². The van der Waals surface area contributed by atoms with Gasteiger partial charge in [-0.1, -0.05) is 0 Å². The van der Waals surface area contributed by atoms with Crippen LogP contribution in [-0.2, 0) is 9.53 Å². The summed E-state index contributed by atoms with van der Waals surface area (Å²) in [6.07, 6.45) is 1.48. The number of alkyl halides is 1. The zero-order valence-corrected chi connectivity index (χ0v) is 11.9. The number of nitrogens with zero attached hydrogens (tertiary/aromatic N) is 1. The molecule has 1 aromatic heterocycles. The minimum absolute atomic E-state index is 0.0231. The maximum absolute atomic E-state index is 12.2. The number of nitrogens with one attached hydrogen (secondary N) is 1. The Morgan fingerprint density at radius 3 is 2.90 bits per heavy atom. The van der Waals surface area contributed by atoms with Gasteiger partial charge < -0.3 is 14.5 Å².